The van der Waals surface area contributed by atoms with E-state index in [1.165, 1.54) is 0 Å². The van der Waals surface area contributed by atoms with Crippen molar-refractivity contribution in [1.29, 1.82) is 0 Å². The lowest BCUT2D eigenvalue weighted by molar-refractivity contribution is 0.0742. The number of benzene rings is 3. The van der Waals surface area contributed by atoms with E-state index < -0.39 is 13.4 Å². The van der Waals surface area contributed by atoms with Crippen LogP contribution < -0.4 is 19.6 Å². The number of halogens is 3. The Bertz CT molecular complexity index is 1400. The summed E-state index contributed by atoms with van der Waals surface area (Å²) in [6.07, 6.45) is -0.506. The van der Waals surface area contributed by atoms with Gasteiger partial charge in [0.25, 0.3) is 0 Å². The largest absolute Gasteiger partial charge is 0.425 e. The number of carbonyl (C=O) groups is 1. The monoisotopic (exact) mass is 636 g/mol. The first kappa shape index (κ1) is 27.5. The summed E-state index contributed by atoms with van der Waals surface area (Å²) < 4.78 is 22.1. The predicted octanol–water partition coefficient (Wildman–Crippen LogP) is 7.94. The minimum atomic E-state index is -2.98. The number of carbonyl (C=O) groups excluding carboxylic acids is 1. The maximum atomic E-state index is 14.0. The lowest BCUT2D eigenvalue weighted by Gasteiger charge is -2.47. The summed E-state index contributed by atoms with van der Waals surface area (Å²) in [5.74, 6) is 0.524. The van der Waals surface area contributed by atoms with Crippen LogP contribution in [0.25, 0.3) is 0 Å². The van der Waals surface area contributed by atoms with Gasteiger partial charge in [0.1, 0.15) is 5.75 Å². The summed E-state index contributed by atoms with van der Waals surface area (Å²) >= 11 is 16.2. The fourth-order valence-corrected chi connectivity index (χ4v) is 9.03. The summed E-state index contributed by atoms with van der Waals surface area (Å²) in [6, 6.07) is 19.1. The molecule has 38 heavy (non-hydrogen) atoms. The molecule has 1 atom stereocenters. The van der Waals surface area contributed by atoms with Crippen LogP contribution in [0.1, 0.15) is 13.8 Å². The van der Waals surface area contributed by atoms with Crippen molar-refractivity contribution >= 4 is 74.9 Å². The average Bonchev–Trinajstić information content (AvgIpc) is 2.92. The zero-order valence-corrected chi connectivity index (χ0v) is 25.1. The zero-order valence-electron chi connectivity index (χ0n) is 21.1. The molecule has 7 nitrogen and oxygen atoms in total. The van der Waals surface area contributed by atoms with Crippen LogP contribution in [0, 0.1) is 0 Å². The number of morpholine rings is 1. The van der Waals surface area contributed by atoms with Crippen molar-refractivity contribution in [3.05, 3.63) is 75.2 Å². The molecule has 1 amide bonds. The van der Waals surface area contributed by atoms with E-state index >= 15 is 0 Å². The fraction of sp³-hybridized carbons (Fsp3) is 0.296. The van der Waals surface area contributed by atoms with Gasteiger partial charge in [-0.1, -0.05) is 39.1 Å². The Kier molecular flexibility index (Phi) is 8.39. The molecule has 3 aromatic carbocycles. The molecule has 1 saturated heterocycles. The Morgan fingerprint density at radius 1 is 0.974 bits per heavy atom. The molecule has 0 aromatic heterocycles. The van der Waals surface area contributed by atoms with E-state index in [9.17, 15) is 4.79 Å². The highest BCUT2D eigenvalue weighted by Gasteiger charge is 2.47. The summed E-state index contributed by atoms with van der Waals surface area (Å²) in [7, 11) is -2.98. The van der Waals surface area contributed by atoms with E-state index in [1.54, 1.807) is 22.9 Å². The molecule has 0 aliphatic carbocycles. The van der Waals surface area contributed by atoms with E-state index in [0.717, 1.165) is 34.2 Å². The topological polar surface area (TPSA) is 57.6 Å². The molecule has 0 N–H and O–H groups in total. The van der Waals surface area contributed by atoms with Crippen molar-refractivity contribution in [1.82, 2.24) is 4.67 Å². The quantitative estimate of drug-likeness (QED) is 0.257. The first-order valence-electron chi connectivity index (χ1n) is 12.5. The second kappa shape index (κ2) is 11.6. The van der Waals surface area contributed by atoms with Crippen molar-refractivity contribution in [2.45, 2.75) is 13.8 Å². The van der Waals surface area contributed by atoms with E-state index in [2.05, 4.69) is 51.5 Å². The molecular weight excluding hydrogens is 610 g/mol. The second-order valence-corrected chi connectivity index (χ2v) is 13.3. The molecule has 200 valence electrons. The van der Waals surface area contributed by atoms with Crippen LogP contribution in [-0.4, -0.2) is 50.2 Å². The van der Waals surface area contributed by atoms with Crippen molar-refractivity contribution < 1.29 is 14.3 Å². The Hall–Kier alpha value is -2.06. The van der Waals surface area contributed by atoms with Gasteiger partial charge in [-0.15, -0.1) is 0 Å². The molecule has 0 spiro atoms. The van der Waals surface area contributed by atoms with Crippen LogP contribution in [0.15, 0.2) is 69.9 Å². The second-order valence-electron chi connectivity index (χ2n) is 8.81. The van der Waals surface area contributed by atoms with Gasteiger partial charge in [0.05, 0.1) is 39.9 Å². The molecule has 2 heterocycles. The van der Waals surface area contributed by atoms with Crippen LogP contribution in [0.3, 0.4) is 0 Å². The molecule has 2 aliphatic rings. The molecule has 3 aromatic rings. The third-order valence-electron chi connectivity index (χ3n) is 6.66. The maximum Gasteiger partial charge on any atom is 0.425 e. The Morgan fingerprint density at radius 2 is 1.68 bits per heavy atom. The zero-order chi connectivity index (χ0) is 26.9. The van der Waals surface area contributed by atoms with Gasteiger partial charge in [0.2, 0.25) is 0 Å². The molecule has 0 bridgehead atoms. The van der Waals surface area contributed by atoms with Crippen LogP contribution in [-0.2, 0) is 4.74 Å². The SMILES string of the molecule is CCN(CC)c1ccc2c(c1)OC(=O)N(c1ccc(Cl)c(Cl)c1)P2(=Nc1ccc(Br)cc1)N1CCOCC1. The maximum absolute atomic E-state index is 14.0. The van der Waals surface area contributed by atoms with Crippen LogP contribution >= 0.6 is 46.5 Å². The summed E-state index contributed by atoms with van der Waals surface area (Å²) in [6.45, 7) is 8.18. The van der Waals surface area contributed by atoms with Gasteiger partial charge in [-0.05, 0) is 68.4 Å². The average molecular weight is 638 g/mol. The number of anilines is 2. The highest BCUT2D eigenvalue weighted by Crippen LogP contribution is 2.63. The molecule has 1 fully saturated rings. The van der Waals surface area contributed by atoms with Gasteiger partial charge in [-0.2, -0.15) is 0 Å². The number of ether oxygens (including phenoxy) is 2. The lowest BCUT2D eigenvalue weighted by atomic mass is 10.2. The third kappa shape index (κ3) is 5.10. The van der Waals surface area contributed by atoms with Crippen molar-refractivity contribution in [2.75, 3.05) is 49.0 Å². The summed E-state index contributed by atoms with van der Waals surface area (Å²) in [5, 5.41) is 1.62. The molecule has 0 saturated carbocycles. The molecule has 1 unspecified atom stereocenters. The number of hydrogen-bond donors (Lipinski definition) is 0. The highest BCUT2D eigenvalue weighted by atomic mass is 79.9. The number of amides is 1. The Balaban J connectivity index is 1.83. The predicted molar refractivity (Wildman–Crippen MR) is 160 cm³/mol. The summed E-state index contributed by atoms with van der Waals surface area (Å²) in [5.41, 5.74) is 2.32. The van der Waals surface area contributed by atoms with E-state index in [4.69, 9.17) is 37.4 Å². The van der Waals surface area contributed by atoms with Crippen LogP contribution in [0.2, 0.25) is 10.0 Å². The molecule has 2 aliphatic heterocycles. The standard InChI is InChI=1S/C27H28BrCl2N4O3P/c1-3-32(4-2)21-10-12-26-25(18-21)37-27(35)34(22-9-11-23(29)24(30)17-22)38(26,33-13-15-36-16-14-33)31-20-7-5-19(28)6-8-20/h5-12,17-18H,3-4,13-16H2,1-2H3. The smallest absolute Gasteiger partial charge is 0.409 e. The minimum Gasteiger partial charge on any atom is -0.409 e. The number of rotatable bonds is 6. The Morgan fingerprint density at radius 3 is 2.34 bits per heavy atom. The van der Waals surface area contributed by atoms with Gasteiger partial charge in [0.15, 0.2) is 7.36 Å². The normalized spacial score (nSPS) is 19.6. The van der Waals surface area contributed by atoms with Crippen molar-refractivity contribution in [3.63, 3.8) is 0 Å². The molecule has 11 heteroatoms. The highest BCUT2D eigenvalue weighted by molar-refractivity contribution is 9.10. The first-order valence-corrected chi connectivity index (χ1v) is 15.6. The molecular formula is C27H28BrCl2N4O3P. The summed E-state index contributed by atoms with van der Waals surface area (Å²) in [4.78, 5) is 16.2. The van der Waals surface area contributed by atoms with Gasteiger partial charge in [0, 0.05) is 42.4 Å². The molecule has 0 radical (unpaired) electrons. The van der Waals surface area contributed by atoms with Crippen LogP contribution in [0.4, 0.5) is 21.9 Å². The van der Waals surface area contributed by atoms with E-state index in [1.807, 2.05) is 30.3 Å². The van der Waals surface area contributed by atoms with Crippen molar-refractivity contribution in [2.24, 2.45) is 4.74 Å². The first-order chi connectivity index (χ1) is 18.4. The molecule has 5 rings (SSSR count). The van der Waals surface area contributed by atoms with Crippen molar-refractivity contribution in [3.8, 4) is 5.75 Å². The van der Waals surface area contributed by atoms with Gasteiger partial charge in [-0.3, -0.25) is 0 Å². The van der Waals surface area contributed by atoms with Gasteiger partial charge in [-0.25, -0.2) is 18.9 Å². The lowest BCUT2D eigenvalue weighted by Crippen LogP contribution is -2.49. The van der Waals surface area contributed by atoms with Crippen LogP contribution in [0.5, 0.6) is 5.75 Å². The van der Waals surface area contributed by atoms with E-state index in [0.29, 0.717) is 47.8 Å². The Labute approximate surface area is 241 Å². The van der Waals surface area contributed by atoms with Gasteiger partial charge >= 0.3 is 6.09 Å². The van der Waals surface area contributed by atoms with E-state index in [-0.39, 0.29) is 0 Å². The van der Waals surface area contributed by atoms with Gasteiger partial charge < -0.3 is 14.4 Å². The number of hydrogen-bond acceptors (Lipinski definition) is 5. The fourth-order valence-electron chi connectivity index (χ4n) is 4.80. The number of fused-ring (bicyclic) bond motifs is 1. The minimum absolute atomic E-state index is 0.350. The number of nitrogens with zero attached hydrogens (tertiary/aromatic N) is 4. The third-order valence-corrected chi connectivity index (χ3v) is 11.6.